The van der Waals surface area contributed by atoms with Crippen LogP contribution in [0.1, 0.15) is 47.6 Å². The number of nitrogens with zero attached hydrogens (tertiary/aromatic N) is 4. The second-order valence-electron chi connectivity index (χ2n) is 8.26. The Morgan fingerprint density at radius 3 is 2.83 bits per heavy atom. The lowest BCUT2D eigenvalue weighted by Crippen LogP contribution is -2.38. The van der Waals surface area contributed by atoms with Crippen molar-refractivity contribution >= 4 is 34.3 Å². The van der Waals surface area contributed by atoms with E-state index in [4.69, 9.17) is 13.7 Å². The molecule has 5 rings (SSSR count). The molecule has 11 heteroatoms. The molecule has 35 heavy (non-hydrogen) atoms. The first kappa shape index (κ1) is 23.0. The van der Waals surface area contributed by atoms with Gasteiger partial charge in [0.15, 0.2) is 17.0 Å². The van der Waals surface area contributed by atoms with E-state index in [-0.39, 0.29) is 37.1 Å². The number of aryl methyl sites for hydroxylation is 1. The summed E-state index contributed by atoms with van der Waals surface area (Å²) in [6.07, 6.45) is 1.85. The van der Waals surface area contributed by atoms with Gasteiger partial charge in [-0.1, -0.05) is 17.3 Å². The molecule has 1 aromatic carbocycles. The third kappa shape index (κ3) is 4.76. The number of hydrogen-bond acceptors (Lipinski definition) is 9. The molecule has 0 radical (unpaired) electrons. The number of aromatic nitrogens is 3. The molecule has 0 aliphatic carbocycles. The van der Waals surface area contributed by atoms with Crippen molar-refractivity contribution in [3.63, 3.8) is 0 Å². The number of para-hydroxylation sites is 2. The number of oxazole rings is 1. The Morgan fingerprint density at radius 2 is 2.03 bits per heavy atom. The van der Waals surface area contributed by atoms with E-state index < -0.39 is 11.7 Å². The first-order chi connectivity index (χ1) is 17.0. The molecule has 10 nitrogen and oxygen atoms in total. The van der Waals surface area contributed by atoms with E-state index in [0.29, 0.717) is 35.6 Å². The number of carbonyl (C=O) groups is 2. The van der Waals surface area contributed by atoms with Crippen LogP contribution in [-0.4, -0.2) is 51.2 Å². The van der Waals surface area contributed by atoms with Crippen LogP contribution in [0.5, 0.6) is 0 Å². The van der Waals surface area contributed by atoms with Crippen LogP contribution >= 0.6 is 11.3 Å². The average Bonchev–Trinajstić information content (AvgIpc) is 3.61. The summed E-state index contributed by atoms with van der Waals surface area (Å²) in [4.78, 5) is 43.2. The number of fused-ring (bicyclic) bond motifs is 1. The van der Waals surface area contributed by atoms with E-state index in [1.807, 2.05) is 28.5 Å². The summed E-state index contributed by atoms with van der Waals surface area (Å²) >= 11 is 1.53. The smallest absolute Gasteiger partial charge is 0.419 e. The van der Waals surface area contributed by atoms with Gasteiger partial charge in [0.05, 0.1) is 17.1 Å². The molecule has 0 N–H and O–H groups in total. The van der Waals surface area contributed by atoms with Gasteiger partial charge in [0.25, 0.3) is 0 Å². The SMILES string of the molecule is CCOC(=O)c1cc(-c2csc(C3CCN(C(=O)CCn4c(=O)oc5ccccc54)CC3)n2)on1. The number of benzene rings is 1. The first-order valence-electron chi connectivity index (χ1n) is 11.5. The summed E-state index contributed by atoms with van der Waals surface area (Å²) in [5.74, 6) is -0.288. The molecule has 4 aromatic rings. The molecule has 4 heterocycles. The van der Waals surface area contributed by atoms with Crippen LogP contribution in [0, 0.1) is 0 Å². The maximum Gasteiger partial charge on any atom is 0.419 e. The summed E-state index contributed by atoms with van der Waals surface area (Å²) in [6.45, 7) is 3.55. The Morgan fingerprint density at radius 1 is 1.23 bits per heavy atom. The molecular weight excluding hydrogens is 472 g/mol. The minimum absolute atomic E-state index is 0.0219. The zero-order valence-corrected chi connectivity index (χ0v) is 20.0. The van der Waals surface area contributed by atoms with Crippen LogP contribution in [0.4, 0.5) is 0 Å². The van der Waals surface area contributed by atoms with Crippen molar-refractivity contribution in [3.8, 4) is 11.5 Å². The first-order valence-corrected chi connectivity index (χ1v) is 12.4. The van der Waals surface area contributed by atoms with Crippen molar-refractivity contribution in [2.24, 2.45) is 0 Å². The van der Waals surface area contributed by atoms with E-state index >= 15 is 0 Å². The van der Waals surface area contributed by atoms with E-state index in [1.165, 1.54) is 22.0 Å². The van der Waals surface area contributed by atoms with Gasteiger partial charge >= 0.3 is 11.7 Å². The lowest BCUT2D eigenvalue weighted by Gasteiger charge is -2.31. The van der Waals surface area contributed by atoms with Crippen LogP contribution < -0.4 is 5.76 Å². The third-order valence-corrected chi connectivity index (χ3v) is 7.10. The van der Waals surface area contributed by atoms with Crippen LogP contribution in [-0.2, 0) is 16.1 Å². The highest BCUT2D eigenvalue weighted by Crippen LogP contribution is 2.33. The molecule has 1 fully saturated rings. The van der Waals surface area contributed by atoms with E-state index in [9.17, 15) is 14.4 Å². The topological polar surface area (TPSA) is 121 Å². The van der Waals surface area contributed by atoms with Gasteiger partial charge in [-0.25, -0.2) is 14.6 Å². The number of thiazole rings is 1. The molecule has 0 atom stereocenters. The Hall–Kier alpha value is -3.73. The van der Waals surface area contributed by atoms with E-state index in [2.05, 4.69) is 10.1 Å². The predicted octanol–water partition coefficient (Wildman–Crippen LogP) is 3.68. The molecular formula is C24H24N4O6S. The van der Waals surface area contributed by atoms with Crippen molar-refractivity contribution in [2.75, 3.05) is 19.7 Å². The van der Waals surface area contributed by atoms with Gasteiger partial charge in [0.1, 0.15) is 5.69 Å². The van der Waals surface area contributed by atoms with Crippen LogP contribution in [0.15, 0.2) is 49.4 Å². The number of piperidine rings is 1. The van der Waals surface area contributed by atoms with Gasteiger partial charge in [0, 0.05) is 43.4 Å². The normalized spacial score (nSPS) is 14.5. The van der Waals surface area contributed by atoms with Crippen LogP contribution in [0.2, 0.25) is 0 Å². The Balaban J connectivity index is 1.16. The number of amides is 1. The molecule has 0 spiro atoms. The third-order valence-electron chi connectivity index (χ3n) is 6.09. The van der Waals surface area contributed by atoms with Crippen molar-refractivity contribution in [3.05, 3.63) is 57.0 Å². The highest BCUT2D eigenvalue weighted by Gasteiger charge is 2.26. The molecule has 182 valence electrons. The number of likely N-dealkylation sites (tertiary alicyclic amines) is 1. The lowest BCUT2D eigenvalue weighted by molar-refractivity contribution is -0.132. The molecule has 1 saturated heterocycles. The maximum absolute atomic E-state index is 12.8. The largest absolute Gasteiger partial charge is 0.461 e. The fraction of sp³-hybridized carbons (Fsp3) is 0.375. The van der Waals surface area contributed by atoms with Crippen molar-refractivity contribution < 1.29 is 23.3 Å². The minimum Gasteiger partial charge on any atom is -0.461 e. The highest BCUT2D eigenvalue weighted by atomic mass is 32.1. The summed E-state index contributed by atoms with van der Waals surface area (Å²) in [7, 11) is 0. The van der Waals surface area contributed by atoms with Crippen molar-refractivity contribution in [2.45, 2.75) is 38.6 Å². The summed E-state index contributed by atoms with van der Waals surface area (Å²) in [5, 5.41) is 6.62. The summed E-state index contributed by atoms with van der Waals surface area (Å²) < 4.78 is 17.0. The second-order valence-corrected chi connectivity index (χ2v) is 9.15. The number of hydrogen-bond donors (Lipinski definition) is 0. The zero-order chi connectivity index (χ0) is 24.4. The molecule has 0 saturated carbocycles. The summed E-state index contributed by atoms with van der Waals surface area (Å²) in [6, 6.07) is 8.74. The van der Waals surface area contributed by atoms with E-state index in [0.717, 1.165) is 17.8 Å². The predicted molar refractivity (Wildman–Crippen MR) is 127 cm³/mol. The van der Waals surface area contributed by atoms with Gasteiger partial charge in [-0.3, -0.25) is 9.36 Å². The Kier molecular flexibility index (Phi) is 6.49. The van der Waals surface area contributed by atoms with Crippen LogP contribution in [0.25, 0.3) is 22.6 Å². The fourth-order valence-electron chi connectivity index (χ4n) is 4.25. The van der Waals surface area contributed by atoms with Gasteiger partial charge in [-0.15, -0.1) is 11.3 Å². The quantitative estimate of drug-likeness (QED) is 0.355. The molecule has 0 unspecified atom stereocenters. The maximum atomic E-state index is 12.8. The second kappa shape index (κ2) is 9.87. The number of carbonyl (C=O) groups excluding carboxylic acids is 2. The molecule has 1 amide bonds. The minimum atomic E-state index is -0.527. The molecule has 3 aromatic heterocycles. The van der Waals surface area contributed by atoms with Crippen molar-refractivity contribution in [1.29, 1.82) is 0 Å². The van der Waals surface area contributed by atoms with Gasteiger partial charge in [-0.05, 0) is 31.9 Å². The van der Waals surface area contributed by atoms with Gasteiger partial charge in [-0.2, -0.15) is 0 Å². The zero-order valence-electron chi connectivity index (χ0n) is 19.1. The molecule has 0 bridgehead atoms. The number of esters is 1. The Labute approximate surface area is 204 Å². The summed E-state index contributed by atoms with van der Waals surface area (Å²) in [5.41, 5.74) is 1.97. The van der Waals surface area contributed by atoms with Gasteiger partial charge < -0.3 is 18.6 Å². The lowest BCUT2D eigenvalue weighted by atomic mass is 9.97. The van der Waals surface area contributed by atoms with Crippen LogP contribution in [0.3, 0.4) is 0 Å². The van der Waals surface area contributed by atoms with Crippen molar-refractivity contribution in [1.82, 2.24) is 19.6 Å². The number of rotatable bonds is 7. The number of ether oxygens (including phenoxy) is 1. The van der Waals surface area contributed by atoms with E-state index in [1.54, 1.807) is 13.0 Å². The molecule has 1 aliphatic rings. The van der Waals surface area contributed by atoms with Gasteiger partial charge in [0.2, 0.25) is 5.91 Å². The molecule has 1 aliphatic heterocycles. The Bertz CT molecular complexity index is 1410. The average molecular weight is 497 g/mol. The highest BCUT2D eigenvalue weighted by molar-refractivity contribution is 7.10. The fourth-order valence-corrected chi connectivity index (χ4v) is 5.23. The monoisotopic (exact) mass is 496 g/mol. The standard InChI is InChI=1S/C24H24N4O6S/c1-2-32-23(30)16-13-20(34-26-16)17-14-35-22(25-17)15-7-10-27(11-8-15)21(29)9-12-28-18-5-3-4-6-19(18)33-24(28)31/h3-6,13-15H,2,7-12H2,1H3.